The van der Waals surface area contributed by atoms with Gasteiger partial charge in [0, 0.05) is 35.3 Å². The van der Waals surface area contributed by atoms with Gasteiger partial charge in [-0.15, -0.1) is 0 Å². The number of rotatable bonds is 4. The average Bonchev–Trinajstić information content (AvgIpc) is 3.12. The van der Waals surface area contributed by atoms with E-state index in [0.29, 0.717) is 11.6 Å². The summed E-state index contributed by atoms with van der Waals surface area (Å²) in [6.45, 7) is 2.15. The molecule has 1 unspecified atom stereocenters. The van der Waals surface area contributed by atoms with Gasteiger partial charge >= 0.3 is 5.97 Å². The van der Waals surface area contributed by atoms with E-state index in [-0.39, 0.29) is 0 Å². The van der Waals surface area contributed by atoms with E-state index in [1.54, 1.807) is 6.07 Å². The van der Waals surface area contributed by atoms with Gasteiger partial charge in [0.05, 0.1) is 5.56 Å². The molecule has 0 amide bonds. The molecular formula is C14H17BrN2O2. The first-order chi connectivity index (χ1) is 9.13. The summed E-state index contributed by atoms with van der Waals surface area (Å²) >= 11 is 3.31. The molecule has 2 aliphatic rings. The van der Waals surface area contributed by atoms with Gasteiger partial charge in [-0.05, 0) is 37.5 Å². The Balaban J connectivity index is 1.71. The number of likely N-dealkylation sites (tertiary alicyclic amines) is 1. The SMILES string of the molecule is O=C(O)c1cc(Br)ccc1NC1CCN(C2CC2)C1. The van der Waals surface area contributed by atoms with Crippen LogP contribution in [0.25, 0.3) is 0 Å². The van der Waals surface area contributed by atoms with Gasteiger partial charge in [-0.2, -0.15) is 0 Å². The summed E-state index contributed by atoms with van der Waals surface area (Å²) < 4.78 is 0.793. The number of nitrogens with one attached hydrogen (secondary N) is 1. The Morgan fingerprint density at radius 3 is 2.84 bits per heavy atom. The molecule has 1 saturated carbocycles. The quantitative estimate of drug-likeness (QED) is 0.894. The highest BCUT2D eigenvalue weighted by molar-refractivity contribution is 9.10. The number of nitrogens with zero attached hydrogens (tertiary/aromatic N) is 1. The third kappa shape index (κ3) is 2.92. The van der Waals surface area contributed by atoms with E-state index >= 15 is 0 Å². The third-order valence-electron chi connectivity index (χ3n) is 3.85. The van der Waals surface area contributed by atoms with Crippen LogP contribution in [0.3, 0.4) is 0 Å². The fourth-order valence-corrected chi connectivity index (χ4v) is 3.08. The van der Waals surface area contributed by atoms with Crippen LogP contribution in [0.15, 0.2) is 22.7 Å². The summed E-state index contributed by atoms with van der Waals surface area (Å²) in [4.78, 5) is 13.8. The van der Waals surface area contributed by atoms with Crippen molar-refractivity contribution in [2.45, 2.75) is 31.3 Å². The van der Waals surface area contributed by atoms with Crippen molar-refractivity contribution >= 4 is 27.6 Å². The van der Waals surface area contributed by atoms with E-state index in [2.05, 4.69) is 26.1 Å². The molecule has 1 aromatic rings. The van der Waals surface area contributed by atoms with Crippen LogP contribution >= 0.6 is 15.9 Å². The van der Waals surface area contributed by atoms with Crippen molar-refractivity contribution < 1.29 is 9.90 Å². The zero-order valence-corrected chi connectivity index (χ0v) is 12.2. The lowest BCUT2D eigenvalue weighted by Gasteiger charge is -2.18. The zero-order valence-electron chi connectivity index (χ0n) is 10.6. The molecule has 3 rings (SSSR count). The van der Waals surface area contributed by atoms with Gasteiger partial charge < -0.3 is 10.4 Å². The number of aromatic carboxylic acids is 1. The Morgan fingerprint density at radius 1 is 1.37 bits per heavy atom. The standard InChI is InChI=1S/C14H17BrN2O2/c15-9-1-4-13(12(7-9)14(18)19)16-10-5-6-17(8-10)11-2-3-11/h1,4,7,10-11,16H,2-3,5-6,8H2,(H,18,19). The summed E-state index contributed by atoms with van der Waals surface area (Å²) in [6, 6.07) is 6.52. The van der Waals surface area contributed by atoms with Crippen molar-refractivity contribution in [1.29, 1.82) is 0 Å². The first-order valence-corrected chi connectivity index (χ1v) is 7.46. The van der Waals surface area contributed by atoms with Gasteiger partial charge in [0.2, 0.25) is 0 Å². The maximum Gasteiger partial charge on any atom is 0.337 e. The van der Waals surface area contributed by atoms with Gasteiger partial charge in [-0.3, -0.25) is 4.90 Å². The molecule has 1 saturated heterocycles. The molecule has 0 radical (unpaired) electrons. The second-order valence-corrected chi connectivity index (χ2v) is 6.27. The van der Waals surface area contributed by atoms with Crippen LogP contribution < -0.4 is 5.32 Å². The summed E-state index contributed by atoms with van der Waals surface area (Å²) in [5.41, 5.74) is 1.05. The van der Waals surface area contributed by atoms with Crippen LogP contribution in [0.4, 0.5) is 5.69 Å². The maximum atomic E-state index is 11.3. The van der Waals surface area contributed by atoms with Gasteiger partial charge in [-0.25, -0.2) is 4.79 Å². The van der Waals surface area contributed by atoms with E-state index in [9.17, 15) is 9.90 Å². The number of carbonyl (C=O) groups is 1. The van der Waals surface area contributed by atoms with Crippen LogP contribution in [-0.4, -0.2) is 41.1 Å². The van der Waals surface area contributed by atoms with Crippen LogP contribution in [0, 0.1) is 0 Å². The topological polar surface area (TPSA) is 52.6 Å². The zero-order chi connectivity index (χ0) is 13.4. The van der Waals surface area contributed by atoms with E-state index in [1.165, 1.54) is 12.8 Å². The highest BCUT2D eigenvalue weighted by atomic mass is 79.9. The second-order valence-electron chi connectivity index (χ2n) is 5.35. The number of carboxylic acids is 1. The summed E-state index contributed by atoms with van der Waals surface area (Å²) in [6.07, 6.45) is 3.74. The molecular weight excluding hydrogens is 308 g/mol. The molecule has 1 aromatic carbocycles. The Labute approximate surface area is 120 Å². The van der Waals surface area contributed by atoms with E-state index in [4.69, 9.17) is 0 Å². The molecule has 1 aliphatic carbocycles. The summed E-state index contributed by atoms with van der Waals surface area (Å²) in [5, 5.41) is 12.6. The Bertz CT molecular complexity index is 502. The highest BCUT2D eigenvalue weighted by Crippen LogP contribution is 2.31. The second kappa shape index (κ2) is 5.13. The molecule has 2 fully saturated rings. The molecule has 1 aliphatic heterocycles. The van der Waals surface area contributed by atoms with Crippen molar-refractivity contribution in [2.75, 3.05) is 18.4 Å². The van der Waals surface area contributed by atoms with E-state index in [0.717, 1.165) is 35.7 Å². The van der Waals surface area contributed by atoms with Crippen LogP contribution in [0.1, 0.15) is 29.6 Å². The van der Waals surface area contributed by atoms with Gasteiger partial charge in [0.15, 0.2) is 0 Å². The number of hydrogen-bond acceptors (Lipinski definition) is 3. The summed E-state index contributed by atoms with van der Waals surface area (Å²) in [7, 11) is 0. The van der Waals surface area contributed by atoms with Crippen molar-refractivity contribution in [3.8, 4) is 0 Å². The third-order valence-corrected chi connectivity index (χ3v) is 4.35. The summed E-state index contributed by atoms with van der Waals surface area (Å²) in [5.74, 6) is -0.888. The molecule has 0 bridgehead atoms. The number of carboxylic acid groups (broad SMARTS) is 1. The maximum absolute atomic E-state index is 11.3. The first-order valence-electron chi connectivity index (χ1n) is 6.67. The molecule has 1 heterocycles. The highest BCUT2D eigenvalue weighted by Gasteiger charge is 2.34. The smallest absolute Gasteiger partial charge is 0.337 e. The fraction of sp³-hybridized carbons (Fsp3) is 0.500. The molecule has 1 atom stereocenters. The van der Waals surface area contributed by atoms with Gasteiger partial charge in [-0.1, -0.05) is 15.9 Å². The normalized spacial score (nSPS) is 23.5. The van der Waals surface area contributed by atoms with Crippen molar-refractivity contribution in [3.05, 3.63) is 28.2 Å². The lowest BCUT2D eigenvalue weighted by Crippen LogP contribution is -2.28. The molecule has 102 valence electrons. The lowest BCUT2D eigenvalue weighted by atomic mass is 10.1. The van der Waals surface area contributed by atoms with E-state index < -0.39 is 5.97 Å². The van der Waals surface area contributed by atoms with Crippen molar-refractivity contribution in [1.82, 2.24) is 4.90 Å². The van der Waals surface area contributed by atoms with E-state index in [1.807, 2.05) is 12.1 Å². The van der Waals surface area contributed by atoms with Gasteiger partial charge in [0.25, 0.3) is 0 Å². The fourth-order valence-electron chi connectivity index (χ4n) is 2.72. The number of halogens is 1. The minimum atomic E-state index is -0.888. The molecule has 4 nitrogen and oxygen atoms in total. The van der Waals surface area contributed by atoms with Gasteiger partial charge in [0.1, 0.15) is 0 Å². The van der Waals surface area contributed by atoms with Crippen LogP contribution in [0.2, 0.25) is 0 Å². The minimum Gasteiger partial charge on any atom is -0.478 e. The Hall–Kier alpha value is -1.07. The van der Waals surface area contributed by atoms with Crippen LogP contribution in [-0.2, 0) is 0 Å². The average molecular weight is 325 g/mol. The predicted molar refractivity (Wildman–Crippen MR) is 77.7 cm³/mol. The first kappa shape index (κ1) is 12.9. The Kier molecular flexibility index (Phi) is 3.50. The molecule has 19 heavy (non-hydrogen) atoms. The molecule has 0 spiro atoms. The van der Waals surface area contributed by atoms with Crippen molar-refractivity contribution in [2.24, 2.45) is 0 Å². The molecule has 0 aromatic heterocycles. The monoisotopic (exact) mass is 324 g/mol. The largest absolute Gasteiger partial charge is 0.478 e. The minimum absolute atomic E-state index is 0.333. The Morgan fingerprint density at radius 2 is 2.16 bits per heavy atom. The van der Waals surface area contributed by atoms with Crippen LogP contribution in [0.5, 0.6) is 0 Å². The number of anilines is 1. The predicted octanol–water partition coefficient (Wildman–Crippen LogP) is 2.80. The number of benzene rings is 1. The number of hydrogen-bond donors (Lipinski definition) is 2. The molecule has 2 N–H and O–H groups in total. The van der Waals surface area contributed by atoms with Crippen molar-refractivity contribution in [3.63, 3.8) is 0 Å². The molecule has 5 heteroatoms. The lowest BCUT2D eigenvalue weighted by molar-refractivity contribution is 0.0698.